The number of carboxylic acid groups (broad SMARTS) is 1. The minimum Gasteiger partial charge on any atom is -0.481 e. The van der Waals surface area contributed by atoms with Crippen molar-refractivity contribution in [3.63, 3.8) is 0 Å². The van der Waals surface area contributed by atoms with E-state index in [1.165, 1.54) is 38.5 Å². The number of carboxylic acids is 1. The Morgan fingerprint density at radius 3 is 2.67 bits per heavy atom. The third kappa shape index (κ3) is 3.00. The number of carbonyl (C=O) groups is 2. The molecular weight excluding hydrogens is 336 g/mol. The maximum Gasteiger partial charge on any atom is 0.303 e. The van der Waals surface area contributed by atoms with Gasteiger partial charge in [0.25, 0.3) is 0 Å². The van der Waals surface area contributed by atoms with Crippen molar-refractivity contribution < 1.29 is 14.7 Å². The fourth-order valence-electron chi connectivity index (χ4n) is 7.78. The van der Waals surface area contributed by atoms with Gasteiger partial charge in [-0.15, -0.1) is 0 Å². The summed E-state index contributed by atoms with van der Waals surface area (Å²) in [7, 11) is 0. The Morgan fingerprint density at radius 2 is 1.93 bits per heavy atom. The van der Waals surface area contributed by atoms with E-state index in [-0.39, 0.29) is 5.41 Å². The molecule has 27 heavy (non-hydrogen) atoms. The van der Waals surface area contributed by atoms with Crippen molar-refractivity contribution in [1.82, 2.24) is 0 Å². The Bertz CT molecular complexity index is 677. The average molecular weight is 373 g/mol. The molecule has 0 saturated heterocycles. The van der Waals surface area contributed by atoms with Crippen LogP contribution in [0.25, 0.3) is 0 Å². The van der Waals surface area contributed by atoms with Crippen LogP contribution in [0.2, 0.25) is 0 Å². The predicted molar refractivity (Wildman–Crippen MR) is 106 cm³/mol. The fraction of sp³-hybridized carbons (Fsp3) is 0.833. The van der Waals surface area contributed by atoms with Gasteiger partial charge in [-0.2, -0.15) is 0 Å². The summed E-state index contributed by atoms with van der Waals surface area (Å²) in [5, 5.41) is 9.08. The number of rotatable bonds is 4. The summed E-state index contributed by atoms with van der Waals surface area (Å²) < 4.78 is 0. The Labute approximate surface area is 164 Å². The Balaban J connectivity index is 1.59. The molecule has 0 heterocycles. The second-order valence-corrected chi connectivity index (χ2v) is 10.6. The third-order valence-electron chi connectivity index (χ3n) is 9.38. The Hall–Kier alpha value is -1.12. The Morgan fingerprint density at radius 1 is 1.15 bits per heavy atom. The Kier molecular flexibility index (Phi) is 4.79. The summed E-state index contributed by atoms with van der Waals surface area (Å²) in [4.78, 5) is 23.1. The minimum atomic E-state index is -0.659. The lowest BCUT2D eigenvalue weighted by atomic mass is 9.50. The van der Waals surface area contributed by atoms with Gasteiger partial charge in [0.2, 0.25) is 0 Å². The molecule has 4 aliphatic carbocycles. The molecule has 0 unspecified atom stereocenters. The molecule has 6 atom stereocenters. The van der Waals surface area contributed by atoms with E-state index < -0.39 is 5.97 Å². The average Bonchev–Trinajstić information content (AvgIpc) is 2.97. The van der Waals surface area contributed by atoms with Gasteiger partial charge < -0.3 is 5.11 Å². The van der Waals surface area contributed by atoms with E-state index >= 15 is 0 Å². The van der Waals surface area contributed by atoms with E-state index in [1.807, 2.05) is 0 Å². The summed E-state index contributed by atoms with van der Waals surface area (Å²) in [6.45, 7) is 7.26. The number of hydrogen-bond donors (Lipinski definition) is 1. The second-order valence-electron chi connectivity index (χ2n) is 10.6. The number of allylic oxidation sites excluding steroid dienone is 2. The molecule has 0 bridgehead atoms. The molecule has 0 aliphatic heterocycles. The normalized spacial score (nSPS) is 42.3. The summed E-state index contributed by atoms with van der Waals surface area (Å²) in [5.41, 5.74) is 4.14. The molecule has 0 aromatic carbocycles. The third-order valence-corrected chi connectivity index (χ3v) is 9.38. The second kappa shape index (κ2) is 6.74. The van der Waals surface area contributed by atoms with Gasteiger partial charge in [0.05, 0.1) is 0 Å². The maximum absolute atomic E-state index is 12.0. The van der Waals surface area contributed by atoms with Gasteiger partial charge in [-0.05, 0) is 85.9 Å². The lowest BCUT2D eigenvalue weighted by Gasteiger charge is -2.54. The summed E-state index contributed by atoms with van der Waals surface area (Å²) in [5.74, 6) is 2.26. The highest BCUT2D eigenvalue weighted by atomic mass is 16.4. The summed E-state index contributed by atoms with van der Waals surface area (Å²) in [6.07, 6.45) is 11.2. The van der Waals surface area contributed by atoms with Crippen molar-refractivity contribution >= 4 is 11.8 Å². The number of Topliss-reactive ketones (excluding diaryl/α,β-unsaturated/α-hetero) is 1. The van der Waals surface area contributed by atoms with Crippen LogP contribution in [0.5, 0.6) is 0 Å². The van der Waals surface area contributed by atoms with Crippen molar-refractivity contribution in [3.05, 3.63) is 11.1 Å². The molecule has 4 rings (SSSR count). The molecule has 1 N–H and O–H groups in total. The highest BCUT2D eigenvalue weighted by Crippen LogP contribution is 2.65. The van der Waals surface area contributed by atoms with Crippen molar-refractivity contribution in [2.75, 3.05) is 0 Å². The largest absolute Gasteiger partial charge is 0.481 e. The first-order chi connectivity index (χ1) is 12.8. The number of ketones is 1. The van der Waals surface area contributed by atoms with Gasteiger partial charge >= 0.3 is 5.97 Å². The topological polar surface area (TPSA) is 54.4 Å². The first-order valence-electron chi connectivity index (χ1n) is 11.2. The lowest BCUT2D eigenvalue weighted by molar-refractivity contribution is -0.137. The molecule has 0 aromatic rings. The number of fused-ring (bicyclic) bond motifs is 4. The first-order valence-corrected chi connectivity index (χ1v) is 11.2. The van der Waals surface area contributed by atoms with Crippen LogP contribution < -0.4 is 0 Å². The van der Waals surface area contributed by atoms with Gasteiger partial charge in [-0.1, -0.05) is 31.9 Å². The van der Waals surface area contributed by atoms with Crippen LogP contribution in [-0.4, -0.2) is 16.9 Å². The number of aliphatic carboxylic acids is 1. The summed E-state index contributed by atoms with van der Waals surface area (Å²) >= 11 is 0. The number of hydrogen-bond acceptors (Lipinski definition) is 2. The highest BCUT2D eigenvalue weighted by molar-refractivity contribution is 5.80. The van der Waals surface area contributed by atoms with E-state index in [2.05, 4.69) is 20.8 Å². The lowest BCUT2D eigenvalue weighted by Crippen LogP contribution is -2.45. The molecule has 4 aliphatic rings. The monoisotopic (exact) mass is 372 g/mol. The maximum atomic E-state index is 12.0. The van der Waals surface area contributed by atoms with Crippen LogP contribution in [0.4, 0.5) is 0 Å². The SMILES string of the molecule is C[C@H](CCC(=O)O)[C@H]1CC[C@@H]2C3=C(CC[C@@]21C)[C@@]1(C)CCC(=O)C[C@H]1CC3. The molecule has 0 radical (unpaired) electrons. The zero-order chi connectivity index (χ0) is 19.4. The van der Waals surface area contributed by atoms with Gasteiger partial charge in [0.15, 0.2) is 0 Å². The van der Waals surface area contributed by atoms with E-state index in [9.17, 15) is 9.59 Å². The van der Waals surface area contributed by atoms with Crippen molar-refractivity contribution in [2.45, 2.75) is 91.4 Å². The van der Waals surface area contributed by atoms with Crippen LogP contribution in [0, 0.1) is 34.5 Å². The molecule has 0 amide bonds. The quantitative estimate of drug-likeness (QED) is 0.636. The summed E-state index contributed by atoms with van der Waals surface area (Å²) in [6, 6.07) is 0. The van der Waals surface area contributed by atoms with Crippen LogP contribution in [-0.2, 0) is 9.59 Å². The molecule has 0 spiro atoms. The molecule has 2 fully saturated rings. The van der Waals surface area contributed by atoms with E-state index in [4.69, 9.17) is 5.11 Å². The molecular formula is C24H36O3. The van der Waals surface area contributed by atoms with Gasteiger partial charge in [0.1, 0.15) is 5.78 Å². The van der Waals surface area contributed by atoms with Gasteiger partial charge in [-0.3, -0.25) is 9.59 Å². The standard InChI is InChI=1S/C24H36O3/c1-15(4-9-22(26)27)19-7-8-20-18-6-5-16-14-17(25)10-12-23(16,2)21(18)11-13-24(19,20)3/h15-16,19-20H,4-14H2,1-3H3,(H,26,27)/t15-,16-,19-,20-,23+,24-/m1/s1. The van der Waals surface area contributed by atoms with Gasteiger partial charge in [-0.25, -0.2) is 0 Å². The number of carbonyl (C=O) groups excluding carboxylic acids is 1. The van der Waals surface area contributed by atoms with Crippen LogP contribution in [0.15, 0.2) is 11.1 Å². The molecule has 150 valence electrons. The van der Waals surface area contributed by atoms with Crippen LogP contribution in [0.1, 0.15) is 91.4 Å². The molecule has 2 saturated carbocycles. The van der Waals surface area contributed by atoms with Crippen molar-refractivity contribution in [2.24, 2.45) is 34.5 Å². The van der Waals surface area contributed by atoms with Crippen LogP contribution in [0.3, 0.4) is 0 Å². The minimum absolute atomic E-state index is 0.274. The molecule has 3 nitrogen and oxygen atoms in total. The van der Waals surface area contributed by atoms with E-state index in [1.54, 1.807) is 11.1 Å². The van der Waals surface area contributed by atoms with E-state index in [0.717, 1.165) is 25.7 Å². The van der Waals surface area contributed by atoms with Crippen molar-refractivity contribution in [1.29, 1.82) is 0 Å². The predicted octanol–water partition coefficient (Wildman–Crippen LogP) is 5.78. The zero-order valence-corrected chi connectivity index (χ0v) is 17.4. The van der Waals surface area contributed by atoms with Crippen molar-refractivity contribution in [3.8, 4) is 0 Å². The van der Waals surface area contributed by atoms with Crippen LogP contribution >= 0.6 is 0 Å². The first kappa shape index (κ1) is 19.2. The van der Waals surface area contributed by atoms with Gasteiger partial charge in [0, 0.05) is 19.3 Å². The zero-order valence-electron chi connectivity index (χ0n) is 17.4. The highest BCUT2D eigenvalue weighted by Gasteiger charge is 2.55. The smallest absolute Gasteiger partial charge is 0.303 e. The molecule has 3 heteroatoms. The molecule has 0 aromatic heterocycles. The fourth-order valence-corrected chi connectivity index (χ4v) is 7.78. The van der Waals surface area contributed by atoms with E-state index in [0.29, 0.717) is 41.3 Å².